The third-order valence-electron chi connectivity index (χ3n) is 11.1. The van der Waals surface area contributed by atoms with Crippen LogP contribution in [0.15, 0.2) is 186 Å². The van der Waals surface area contributed by atoms with Crippen molar-refractivity contribution in [3.8, 4) is 34.0 Å². The molecule has 0 aliphatic carbocycles. The van der Waals surface area contributed by atoms with Crippen LogP contribution in [0.3, 0.4) is 0 Å². The summed E-state index contributed by atoms with van der Waals surface area (Å²) in [6.07, 6.45) is 0. The van der Waals surface area contributed by atoms with E-state index in [0.717, 1.165) is 93.6 Å². The topological polar surface area (TPSA) is 48.8 Å². The van der Waals surface area contributed by atoms with E-state index >= 15 is 0 Å². The molecule has 256 valence electrons. The molecule has 8 aromatic carbocycles. The predicted molar refractivity (Wildman–Crippen MR) is 226 cm³/mol. The van der Waals surface area contributed by atoms with E-state index in [4.69, 9.17) is 14.4 Å². The van der Waals surface area contributed by atoms with Crippen molar-refractivity contribution >= 4 is 76.5 Å². The zero-order valence-electron chi connectivity index (χ0n) is 29.5. The molecule has 12 rings (SSSR count). The highest BCUT2D eigenvalue weighted by Crippen LogP contribution is 2.43. The minimum atomic E-state index is 0.608. The largest absolute Gasteiger partial charge is 0.455 e. The van der Waals surface area contributed by atoms with Gasteiger partial charge in [0, 0.05) is 38.2 Å². The molecule has 0 atom stereocenters. The fourth-order valence-corrected chi connectivity index (χ4v) is 8.68. The standard InChI is InChI=1S/C50H30N4O/c1-3-13-31(14-4-1)32-23-25-34(26-24-32)45-48-46(40-28-27-33-15-7-8-18-36(33)47(40)53(48)35-16-5-2-6-17-35)52-50(51-45)54-41-21-11-9-20-39(41)44-42(54)30-29-38-37-19-10-12-22-43(37)55-49(38)44/h1-30H. The smallest absolute Gasteiger partial charge is 0.235 e. The van der Waals surface area contributed by atoms with E-state index in [0.29, 0.717) is 5.95 Å². The summed E-state index contributed by atoms with van der Waals surface area (Å²) in [5, 5.41) is 7.77. The van der Waals surface area contributed by atoms with E-state index in [-0.39, 0.29) is 0 Å². The number of para-hydroxylation sites is 3. The lowest BCUT2D eigenvalue weighted by atomic mass is 10.0. The quantitative estimate of drug-likeness (QED) is 0.183. The highest BCUT2D eigenvalue weighted by Gasteiger charge is 2.25. The van der Waals surface area contributed by atoms with Gasteiger partial charge >= 0.3 is 0 Å². The van der Waals surface area contributed by atoms with E-state index in [1.807, 2.05) is 12.1 Å². The van der Waals surface area contributed by atoms with Crippen molar-refractivity contribution in [1.29, 1.82) is 0 Å². The summed E-state index contributed by atoms with van der Waals surface area (Å²) in [7, 11) is 0. The van der Waals surface area contributed by atoms with Crippen LogP contribution >= 0.6 is 0 Å². The predicted octanol–water partition coefficient (Wildman–Crippen LogP) is 13.1. The van der Waals surface area contributed by atoms with Gasteiger partial charge in [0.25, 0.3) is 0 Å². The fraction of sp³-hybridized carbons (Fsp3) is 0. The Morgan fingerprint density at radius 2 is 1.05 bits per heavy atom. The average Bonchev–Trinajstić information content (AvgIpc) is 3.92. The van der Waals surface area contributed by atoms with Crippen LogP contribution in [0.25, 0.3) is 110 Å². The molecule has 4 aromatic heterocycles. The van der Waals surface area contributed by atoms with Crippen molar-refractivity contribution < 1.29 is 4.42 Å². The van der Waals surface area contributed by atoms with E-state index in [1.165, 1.54) is 10.9 Å². The Morgan fingerprint density at radius 1 is 0.400 bits per heavy atom. The molecule has 0 unspecified atom stereocenters. The molecule has 4 heterocycles. The van der Waals surface area contributed by atoms with Crippen LogP contribution in [0.2, 0.25) is 0 Å². The maximum atomic E-state index is 6.63. The molecule has 0 aliphatic heterocycles. The molecule has 0 amide bonds. The van der Waals surface area contributed by atoms with Crippen LogP contribution in [0, 0.1) is 0 Å². The Morgan fingerprint density at radius 3 is 1.89 bits per heavy atom. The number of aromatic nitrogens is 4. The van der Waals surface area contributed by atoms with Crippen molar-refractivity contribution in [1.82, 2.24) is 19.1 Å². The SMILES string of the molecule is c1ccc(-c2ccc(-c3nc(-n4c5ccccc5c5c6oc7ccccc7c6ccc54)nc4c5ccc6ccccc6c5n(-c5ccccc5)c34)cc2)cc1. The molecule has 0 bridgehead atoms. The molecule has 55 heavy (non-hydrogen) atoms. The van der Waals surface area contributed by atoms with Crippen molar-refractivity contribution in [2.24, 2.45) is 0 Å². The highest BCUT2D eigenvalue weighted by molar-refractivity contribution is 6.24. The molecule has 0 N–H and O–H groups in total. The van der Waals surface area contributed by atoms with Gasteiger partial charge in [0.2, 0.25) is 5.95 Å². The summed E-state index contributed by atoms with van der Waals surface area (Å²) in [6, 6.07) is 64.1. The summed E-state index contributed by atoms with van der Waals surface area (Å²) < 4.78 is 11.2. The number of benzene rings is 8. The van der Waals surface area contributed by atoms with Crippen molar-refractivity contribution in [3.05, 3.63) is 182 Å². The van der Waals surface area contributed by atoms with Gasteiger partial charge in [0.15, 0.2) is 0 Å². The van der Waals surface area contributed by atoms with Gasteiger partial charge in [0.05, 0.1) is 27.5 Å². The molecule has 5 nitrogen and oxygen atoms in total. The Hall–Kier alpha value is -7.50. The van der Waals surface area contributed by atoms with Crippen molar-refractivity contribution in [3.63, 3.8) is 0 Å². The normalized spacial score (nSPS) is 12.0. The van der Waals surface area contributed by atoms with E-state index in [1.54, 1.807) is 0 Å². The maximum Gasteiger partial charge on any atom is 0.235 e. The van der Waals surface area contributed by atoms with Gasteiger partial charge in [-0.15, -0.1) is 0 Å². The van der Waals surface area contributed by atoms with Gasteiger partial charge in [-0.3, -0.25) is 4.57 Å². The van der Waals surface area contributed by atoms with Crippen molar-refractivity contribution in [2.75, 3.05) is 0 Å². The zero-order valence-corrected chi connectivity index (χ0v) is 29.5. The molecule has 0 radical (unpaired) electrons. The number of hydrogen-bond acceptors (Lipinski definition) is 3. The van der Waals surface area contributed by atoms with Gasteiger partial charge in [-0.1, -0.05) is 140 Å². The van der Waals surface area contributed by atoms with Gasteiger partial charge < -0.3 is 8.98 Å². The van der Waals surface area contributed by atoms with Gasteiger partial charge in [-0.25, -0.2) is 9.97 Å². The third-order valence-corrected chi connectivity index (χ3v) is 11.1. The molecule has 0 fully saturated rings. The van der Waals surface area contributed by atoms with Crippen LogP contribution in [-0.4, -0.2) is 19.1 Å². The van der Waals surface area contributed by atoms with Crippen molar-refractivity contribution in [2.45, 2.75) is 0 Å². The van der Waals surface area contributed by atoms with Crippen LogP contribution in [0.5, 0.6) is 0 Å². The molecule has 5 heteroatoms. The summed E-state index contributed by atoms with van der Waals surface area (Å²) in [6.45, 7) is 0. The highest BCUT2D eigenvalue weighted by atomic mass is 16.3. The first-order valence-corrected chi connectivity index (χ1v) is 18.6. The van der Waals surface area contributed by atoms with Crippen LogP contribution in [0.1, 0.15) is 0 Å². The lowest BCUT2D eigenvalue weighted by Gasteiger charge is -2.14. The third kappa shape index (κ3) is 4.35. The van der Waals surface area contributed by atoms with Crippen LogP contribution in [0.4, 0.5) is 0 Å². The van der Waals surface area contributed by atoms with Gasteiger partial charge in [-0.05, 0) is 59.0 Å². The second kappa shape index (κ2) is 11.5. The second-order valence-corrected chi connectivity index (χ2v) is 14.2. The zero-order chi connectivity index (χ0) is 36.0. The van der Waals surface area contributed by atoms with Crippen LogP contribution < -0.4 is 0 Å². The molecule has 12 aromatic rings. The molecule has 0 saturated carbocycles. The maximum absolute atomic E-state index is 6.63. The summed E-state index contributed by atoms with van der Waals surface area (Å²) in [5.74, 6) is 0.608. The Balaban J connectivity index is 1.23. The molecular formula is C50H30N4O. The molecule has 0 saturated heterocycles. The molecule has 0 aliphatic rings. The first-order chi connectivity index (χ1) is 27.3. The first kappa shape index (κ1) is 30.0. The Labute approximate surface area is 315 Å². The lowest BCUT2D eigenvalue weighted by molar-refractivity contribution is 0.673. The summed E-state index contributed by atoms with van der Waals surface area (Å²) in [5.41, 5.74) is 12.0. The fourth-order valence-electron chi connectivity index (χ4n) is 8.68. The number of fused-ring (bicyclic) bond motifs is 12. The summed E-state index contributed by atoms with van der Waals surface area (Å²) >= 11 is 0. The number of rotatable bonds is 4. The Bertz CT molecular complexity index is 3470. The van der Waals surface area contributed by atoms with E-state index < -0.39 is 0 Å². The average molecular weight is 703 g/mol. The lowest BCUT2D eigenvalue weighted by Crippen LogP contribution is -2.05. The first-order valence-electron chi connectivity index (χ1n) is 18.6. The van der Waals surface area contributed by atoms with Crippen LogP contribution in [-0.2, 0) is 0 Å². The van der Waals surface area contributed by atoms with E-state index in [2.05, 4.69) is 179 Å². The Kier molecular flexibility index (Phi) is 6.27. The summed E-state index contributed by atoms with van der Waals surface area (Å²) in [4.78, 5) is 11.2. The number of hydrogen-bond donors (Lipinski definition) is 0. The minimum absolute atomic E-state index is 0.608. The van der Waals surface area contributed by atoms with E-state index in [9.17, 15) is 0 Å². The molecular weight excluding hydrogens is 673 g/mol. The monoisotopic (exact) mass is 702 g/mol. The van der Waals surface area contributed by atoms with Gasteiger partial charge in [0.1, 0.15) is 22.4 Å². The number of nitrogens with zero attached hydrogens (tertiary/aromatic N) is 4. The molecule has 0 spiro atoms. The van der Waals surface area contributed by atoms with Gasteiger partial charge in [-0.2, -0.15) is 0 Å². The number of furan rings is 1. The second-order valence-electron chi connectivity index (χ2n) is 14.2. The minimum Gasteiger partial charge on any atom is -0.455 e.